The molecule has 0 aromatic heterocycles. The van der Waals surface area contributed by atoms with Crippen LogP contribution >= 0.6 is 0 Å². The summed E-state index contributed by atoms with van der Waals surface area (Å²) in [5.41, 5.74) is 0.834. The van der Waals surface area contributed by atoms with E-state index in [4.69, 9.17) is 9.47 Å². The number of anilines is 1. The number of rotatable bonds is 8. The number of hydrogen-bond donors (Lipinski definition) is 2. The van der Waals surface area contributed by atoms with Gasteiger partial charge in [-0.1, -0.05) is 12.1 Å². The average Bonchev–Trinajstić information content (AvgIpc) is 2.86. The lowest BCUT2D eigenvalue weighted by Crippen LogP contribution is -2.50. The number of methoxy groups -OCH3 is 1. The van der Waals surface area contributed by atoms with E-state index >= 15 is 0 Å². The number of piperazine rings is 1. The lowest BCUT2D eigenvalue weighted by molar-refractivity contribution is 0.0144. The first-order valence-corrected chi connectivity index (χ1v) is 12.2. The van der Waals surface area contributed by atoms with Gasteiger partial charge in [0, 0.05) is 38.3 Å². The van der Waals surface area contributed by atoms with Crippen molar-refractivity contribution in [3.63, 3.8) is 0 Å². The van der Waals surface area contributed by atoms with Gasteiger partial charge < -0.3 is 25.0 Å². The van der Waals surface area contributed by atoms with Crippen molar-refractivity contribution in [2.75, 3.05) is 51.7 Å². The summed E-state index contributed by atoms with van der Waals surface area (Å²) in [5.74, 6) is 0.120. The molecule has 0 atom stereocenters. The third-order valence-electron chi connectivity index (χ3n) is 5.73. The molecular formula is C27H36N4O5. The quantitative estimate of drug-likeness (QED) is 0.542. The van der Waals surface area contributed by atoms with Crippen molar-refractivity contribution in [1.82, 2.24) is 15.1 Å². The van der Waals surface area contributed by atoms with Gasteiger partial charge >= 0.3 is 6.09 Å². The average molecular weight is 497 g/mol. The van der Waals surface area contributed by atoms with Crippen LogP contribution in [0.1, 0.15) is 47.9 Å². The lowest BCUT2D eigenvalue weighted by atomic mass is 10.1. The third kappa shape index (κ3) is 7.98. The van der Waals surface area contributed by atoms with E-state index in [1.54, 1.807) is 60.5 Å². The van der Waals surface area contributed by atoms with Crippen LogP contribution in [0.15, 0.2) is 48.5 Å². The Bertz CT molecular complexity index is 1040. The fourth-order valence-corrected chi connectivity index (χ4v) is 3.81. The molecule has 0 spiro atoms. The molecule has 9 nitrogen and oxygen atoms in total. The Balaban J connectivity index is 1.43. The maximum Gasteiger partial charge on any atom is 0.410 e. The minimum atomic E-state index is -0.496. The van der Waals surface area contributed by atoms with Gasteiger partial charge in [-0.15, -0.1) is 0 Å². The molecule has 194 valence electrons. The summed E-state index contributed by atoms with van der Waals surface area (Å²) in [6.07, 6.45) is 0.505. The van der Waals surface area contributed by atoms with Gasteiger partial charge in [-0.3, -0.25) is 14.5 Å². The van der Waals surface area contributed by atoms with Gasteiger partial charge in [-0.05, 0) is 70.1 Å². The van der Waals surface area contributed by atoms with Crippen molar-refractivity contribution in [3.05, 3.63) is 59.7 Å². The normalized spacial score (nSPS) is 14.2. The van der Waals surface area contributed by atoms with Crippen LogP contribution in [0.4, 0.5) is 10.5 Å². The minimum absolute atomic E-state index is 0.240. The second-order valence-electron chi connectivity index (χ2n) is 9.65. The van der Waals surface area contributed by atoms with Crippen LogP contribution < -0.4 is 15.4 Å². The van der Waals surface area contributed by atoms with E-state index in [1.807, 2.05) is 20.8 Å². The first-order chi connectivity index (χ1) is 17.2. The summed E-state index contributed by atoms with van der Waals surface area (Å²) < 4.78 is 10.6. The molecule has 3 amide bonds. The predicted octanol–water partition coefficient (Wildman–Crippen LogP) is 3.62. The molecule has 1 aliphatic rings. The largest absolute Gasteiger partial charge is 0.497 e. The maximum atomic E-state index is 12.8. The van der Waals surface area contributed by atoms with Gasteiger partial charge in [0.15, 0.2) is 0 Å². The Hall–Kier alpha value is -3.59. The second-order valence-corrected chi connectivity index (χ2v) is 9.65. The van der Waals surface area contributed by atoms with E-state index < -0.39 is 5.60 Å². The first-order valence-electron chi connectivity index (χ1n) is 12.2. The fourth-order valence-electron chi connectivity index (χ4n) is 3.81. The third-order valence-corrected chi connectivity index (χ3v) is 5.73. The Kier molecular flexibility index (Phi) is 9.30. The van der Waals surface area contributed by atoms with Crippen LogP contribution in [0.2, 0.25) is 0 Å². The standard InChI is InChI=1S/C27H36N4O5/c1-27(2,3)36-26(34)31-18-16-30(17-19-31)15-7-14-28-25(33)22-8-5-6-9-23(22)29-24(32)20-10-12-21(35-4)13-11-20/h5-6,8-13H,7,14-19H2,1-4H3,(H,28,33)(H,29,32). The Labute approximate surface area is 212 Å². The SMILES string of the molecule is COc1ccc(C(=O)Nc2ccccc2C(=O)NCCCN2CCN(C(=O)OC(C)(C)C)CC2)cc1. The van der Waals surface area contributed by atoms with E-state index in [1.165, 1.54) is 0 Å². The van der Waals surface area contributed by atoms with Crippen LogP contribution in [0.3, 0.4) is 0 Å². The van der Waals surface area contributed by atoms with Crippen LogP contribution in [-0.2, 0) is 4.74 Å². The molecule has 0 saturated carbocycles. The molecule has 1 heterocycles. The number of carbonyl (C=O) groups excluding carboxylic acids is 3. The molecule has 0 radical (unpaired) electrons. The van der Waals surface area contributed by atoms with Crippen molar-refractivity contribution in [1.29, 1.82) is 0 Å². The van der Waals surface area contributed by atoms with Crippen LogP contribution in [0, 0.1) is 0 Å². The number of nitrogens with zero attached hydrogens (tertiary/aromatic N) is 2. The van der Waals surface area contributed by atoms with E-state index in [-0.39, 0.29) is 17.9 Å². The number of ether oxygens (including phenoxy) is 2. The summed E-state index contributed by atoms with van der Waals surface area (Å²) in [6.45, 7) is 9.71. The van der Waals surface area contributed by atoms with Crippen molar-refractivity contribution >= 4 is 23.6 Å². The highest BCUT2D eigenvalue weighted by Crippen LogP contribution is 2.18. The second kappa shape index (κ2) is 12.4. The van der Waals surface area contributed by atoms with Crippen molar-refractivity contribution < 1.29 is 23.9 Å². The molecule has 0 unspecified atom stereocenters. The van der Waals surface area contributed by atoms with Crippen molar-refractivity contribution in [2.45, 2.75) is 32.8 Å². The summed E-state index contributed by atoms with van der Waals surface area (Å²) in [7, 11) is 1.57. The zero-order valence-electron chi connectivity index (χ0n) is 21.5. The number of para-hydroxylation sites is 1. The van der Waals surface area contributed by atoms with Gasteiger partial charge in [0.05, 0.1) is 18.4 Å². The van der Waals surface area contributed by atoms with Crippen molar-refractivity contribution in [2.24, 2.45) is 0 Å². The monoisotopic (exact) mass is 496 g/mol. The zero-order valence-corrected chi connectivity index (χ0v) is 21.5. The molecule has 0 bridgehead atoms. The van der Waals surface area contributed by atoms with Gasteiger partial charge in [-0.2, -0.15) is 0 Å². The molecule has 1 aliphatic heterocycles. The minimum Gasteiger partial charge on any atom is -0.497 e. The van der Waals surface area contributed by atoms with E-state index in [0.29, 0.717) is 42.2 Å². The molecule has 0 aliphatic carbocycles. The summed E-state index contributed by atoms with van der Waals surface area (Å²) in [5, 5.41) is 5.77. The van der Waals surface area contributed by atoms with E-state index in [9.17, 15) is 14.4 Å². The first kappa shape index (κ1) is 27.0. The highest BCUT2D eigenvalue weighted by molar-refractivity contribution is 6.09. The Morgan fingerprint density at radius 3 is 2.22 bits per heavy atom. The maximum absolute atomic E-state index is 12.8. The molecule has 36 heavy (non-hydrogen) atoms. The summed E-state index contributed by atoms with van der Waals surface area (Å²) in [4.78, 5) is 41.6. The molecule has 3 rings (SSSR count). The lowest BCUT2D eigenvalue weighted by Gasteiger charge is -2.35. The highest BCUT2D eigenvalue weighted by atomic mass is 16.6. The molecule has 2 aromatic rings. The smallest absolute Gasteiger partial charge is 0.410 e. The van der Waals surface area contributed by atoms with Gasteiger partial charge in [0.1, 0.15) is 11.4 Å². The van der Waals surface area contributed by atoms with E-state index in [0.717, 1.165) is 26.1 Å². The van der Waals surface area contributed by atoms with Gasteiger partial charge in [0.2, 0.25) is 0 Å². The molecule has 2 aromatic carbocycles. The fraction of sp³-hybridized carbons (Fsp3) is 0.444. The Morgan fingerprint density at radius 1 is 0.917 bits per heavy atom. The van der Waals surface area contributed by atoms with Gasteiger partial charge in [0.25, 0.3) is 11.8 Å². The van der Waals surface area contributed by atoms with Crippen LogP contribution in [-0.4, -0.2) is 79.7 Å². The van der Waals surface area contributed by atoms with E-state index in [2.05, 4.69) is 15.5 Å². The number of benzene rings is 2. The topological polar surface area (TPSA) is 100 Å². The highest BCUT2D eigenvalue weighted by Gasteiger charge is 2.25. The number of hydrogen-bond acceptors (Lipinski definition) is 6. The number of nitrogens with one attached hydrogen (secondary N) is 2. The molecule has 1 saturated heterocycles. The molecule has 2 N–H and O–H groups in total. The zero-order chi connectivity index (χ0) is 26.1. The van der Waals surface area contributed by atoms with Gasteiger partial charge in [-0.25, -0.2) is 4.79 Å². The molecular weight excluding hydrogens is 460 g/mol. The summed E-state index contributed by atoms with van der Waals surface area (Å²) >= 11 is 0. The summed E-state index contributed by atoms with van der Waals surface area (Å²) in [6, 6.07) is 13.7. The molecule has 1 fully saturated rings. The van der Waals surface area contributed by atoms with Crippen molar-refractivity contribution in [3.8, 4) is 5.75 Å². The number of amides is 3. The molecule has 9 heteroatoms. The Morgan fingerprint density at radius 2 is 1.58 bits per heavy atom. The predicted molar refractivity (Wildman–Crippen MR) is 139 cm³/mol. The number of carbonyl (C=O) groups is 3. The van der Waals surface area contributed by atoms with Crippen LogP contribution in [0.25, 0.3) is 0 Å². The van der Waals surface area contributed by atoms with Crippen LogP contribution in [0.5, 0.6) is 5.75 Å².